The number of halogens is 3. The van der Waals surface area contributed by atoms with E-state index in [1.807, 2.05) is 19.0 Å². The molecule has 0 atom stereocenters. The molecule has 3 rings (SSSR count). The summed E-state index contributed by atoms with van der Waals surface area (Å²) in [5.74, 6) is -1.67. The maximum Gasteiger partial charge on any atom is 0.331 e. The summed E-state index contributed by atoms with van der Waals surface area (Å²) >= 11 is 0. The number of benzene rings is 2. The zero-order chi connectivity index (χ0) is 18.9. The molecular weight excluding hydrogens is 396 g/mol. The highest BCUT2D eigenvalue weighted by Crippen LogP contribution is 2.45. The Balaban J connectivity index is 0.00000261. The molecule has 2 aromatic carbocycles. The molecule has 2 aromatic rings. The second kappa shape index (κ2) is 8.41. The van der Waals surface area contributed by atoms with Crippen LogP contribution in [-0.4, -0.2) is 40.5 Å². The van der Waals surface area contributed by atoms with E-state index in [0.29, 0.717) is 30.4 Å². The maximum atomic E-state index is 14.3. The highest BCUT2D eigenvalue weighted by atomic mass is 35.5. The Morgan fingerprint density at radius 2 is 1.63 bits per heavy atom. The fraction of sp³-hybridized carbons (Fsp3) is 0.333. The summed E-state index contributed by atoms with van der Waals surface area (Å²) in [6, 6.07) is 9.64. The first-order chi connectivity index (χ1) is 12.3. The second-order valence-corrected chi connectivity index (χ2v) is 8.14. The van der Waals surface area contributed by atoms with E-state index in [4.69, 9.17) is 0 Å². The largest absolute Gasteiger partial charge is 0.331 e. The molecule has 0 saturated heterocycles. The predicted molar refractivity (Wildman–Crippen MR) is 106 cm³/mol. The lowest BCUT2D eigenvalue weighted by Crippen LogP contribution is -2.36. The van der Waals surface area contributed by atoms with Crippen LogP contribution in [0.15, 0.2) is 42.5 Å². The summed E-state index contributed by atoms with van der Waals surface area (Å²) in [4.78, 5) is 2.03. The first-order valence-electron chi connectivity index (χ1n) is 8.34. The monoisotopic (exact) mass is 417 g/mol. The molecule has 0 unspecified atom stereocenters. The lowest BCUT2D eigenvalue weighted by atomic mass is 10.2. The van der Waals surface area contributed by atoms with Crippen molar-refractivity contribution in [3.63, 3.8) is 0 Å². The summed E-state index contributed by atoms with van der Waals surface area (Å²) in [6.45, 7) is 1.15. The van der Waals surface area contributed by atoms with Gasteiger partial charge in [0.15, 0.2) is 5.82 Å². The highest BCUT2D eigenvalue weighted by molar-refractivity contribution is 7.95. The number of fused-ring (bicyclic) bond motifs is 1. The van der Waals surface area contributed by atoms with Gasteiger partial charge in [0.1, 0.15) is 5.82 Å². The van der Waals surface area contributed by atoms with Crippen LogP contribution < -0.4 is 8.61 Å². The van der Waals surface area contributed by atoms with Gasteiger partial charge < -0.3 is 4.90 Å². The molecule has 0 aliphatic carbocycles. The first kappa shape index (κ1) is 21.4. The van der Waals surface area contributed by atoms with E-state index in [1.165, 1.54) is 4.31 Å². The van der Waals surface area contributed by atoms with Crippen molar-refractivity contribution in [1.82, 2.24) is 4.90 Å². The minimum atomic E-state index is -3.99. The highest BCUT2D eigenvalue weighted by Gasteiger charge is 2.41. The zero-order valence-electron chi connectivity index (χ0n) is 15.1. The van der Waals surface area contributed by atoms with Gasteiger partial charge in [0.2, 0.25) is 0 Å². The van der Waals surface area contributed by atoms with Crippen molar-refractivity contribution < 1.29 is 17.2 Å². The van der Waals surface area contributed by atoms with Gasteiger partial charge in [-0.05, 0) is 57.7 Å². The Labute approximate surface area is 164 Å². The van der Waals surface area contributed by atoms with Gasteiger partial charge in [-0.3, -0.25) is 4.31 Å². The van der Waals surface area contributed by atoms with Gasteiger partial charge in [-0.15, -0.1) is 12.4 Å². The minimum absolute atomic E-state index is 0. The molecule has 1 heterocycles. The molecule has 0 N–H and O–H groups in total. The molecular formula is C18H22ClF2N3O2S. The number of rotatable bonds is 6. The quantitative estimate of drug-likeness (QED) is 0.669. The van der Waals surface area contributed by atoms with Crippen LogP contribution in [-0.2, 0) is 10.2 Å². The normalized spacial score (nSPS) is 15.0. The predicted octanol–water partition coefficient (Wildman–Crippen LogP) is 3.93. The minimum Gasteiger partial charge on any atom is -0.309 e. The van der Waals surface area contributed by atoms with Crippen LogP contribution in [0.3, 0.4) is 0 Å². The molecule has 0 bridgehead atoms. The molecule has 1 aliphatic heterocycles. The average molecular weight is 418 g/mol. The molecule has 27 heavy (non-hydrogen) atoms. The van der Waals surface area contributed by atoms with Crippen LogP contribution in [0.4, 0.5) is 25.8 Å². The van der Waals surface area contributed by atoms with Crippen molar-refractivity contribution in [2.45, 2.75) is 12.8 Å². The third-order valence-electron chi connectivity index (χ3n) is 4.22. The third kappa shape index (κ3) is 4.17. The first-order valence-corrected chi connectivity index (χ1v) is 9.74. The van der Waals surface area contributed by atoms with Gasteiger partial charge in [-0.1, -0.05) is 12.1 Å². The third-order valence-corrected chi connectivity index (χ3v) is 6.01. The van der Waals surface area contributed by atoms with E-state index >= 15 is 0 Å². The number of para-hydroxylation sites is 2. The Hall–Kier alpha value is -1.90. The summed E-state index contributed by atoms with van der Waals surface area (Å²) < 4.78 is 56.0. The van der Waals surface area contributed by atoms with Crippen molar-refractivity contribution in [2.24, 2.45) is 0 Å². The van der Waals surface area contributed by atoms with Gasteiger partial charge in [0, 0.05) is 12.6 Å². The number of hydrogen-bond acceptors (Lipinski definition) is 3. The molecule has 9 heteroatoms. The van der Waals surface area contributed by atoms with Crippen LogP contribution in [0.25, 0.3) is 0 Å². The Morgan fingerprint density at radius 1 is 0.963 bits per heavy atom. The fourth-order valence-electron chi connectivity index (χ4n) is 3.01. The van der Waals surface area contributed by atoms with E-state index in [2.05, 4.69) is 0 Å². The van der Waals surface area contributed by atoms with Gasteiger partial charge in [-0.25, -0.2) is 13.1 Å². The molecule has 148 valence electrons. The summed E-state index contributed by atoms with van der Waals surface area (Å²) in [5, 5.41) is 0. The van der Waals surface area contributed by atoms with Crippen LogP contribution in [0.2, 0.25) is 0 Å². The fourth-order valence-corrected chi connectivity index (χ4v) is 4.77. The van der Waals surface area contributed by atoms with E-state index < -0.39 is 21.8 Å². The van der Waals surface area contributed by atoms with Gasteiger partial charge >= 0.3 is 10.2 Å². The summed E-state index contributed by atoms with van der Waals surface area (Å²) in [5.41, 5.74) is 0.682. The summed E-state index contributed by atoms with van der Waals surface area (Å²) in [7, 11) is -0.0670. The number of hydrogen-bond donors (Lipinski definition) is 0. The van der Waals surface area contributed by atoms with Crippen molar-refractivity contribution in [2.75, 3.05) is 35.8 Å². The topological polar surface area (TPSA) is 43.9 Å². The van der Waals surface area contributed by atoms with Crippen molar-refractivity contribution in [3.8, 4) is 0 Å². The zero-order valence-corrected chi connectivity index (χ0v) is 16.7. The molecule has 1 aliphatic rings. The molecule has 0 saturated carbocycles. The SMILES string of the molecule is CN(C)CCCCN1c2ccccc2N(c2ccc(F)cc2F)S1(=O)=O.Cl. The number of nitrogens with zero attached hydrogens (tertiary/aromatic N) is 3. The standard InChI is InChI=1S/C18H21F2N3O2S.ClH/c1-21(2)11-5-6-12-22-17-7-3-4-8-18(17)23(26(22,24)25)16-10-9-14(19)13-15(16)20;/h3-4,7-10,13H,5-6,11-12H2,1-2H3;1H. The van der Waals surface area contributed by atoms with E-state index in [0.717, 1.165) is 29.4 Å². The molecule has 5 nitrogen and oxygen atoms in total. The molecule has 0 fully saturated rings. The van der Waals surface area contributed by atoms with Crippen LogP contribution in [0.1, 0.15) is 12.8 Å². The van der Waals surface area contributed by atoms with Crippen molar-refractivity contribution in [1.29, 1.82) is 0 Å². The summed E-state index contributed by atoms with van der Waals surface area (Å²) in [6.07, 6.45) is 1.51. The second-order valence-electron chi connectivity index (χ2n) is 6.44. The van der Waals surface area contributed by atoms with Gasteiger partial charge in [0.05, 0.1) is 17.1 Å². The van der Waals surface area contributed by atoms with Crippen LogP contribution in [0, 0.1) is 11.6 Å². The molecule has 0 spiro atoms. The van der Waals surface area contributed by atoms with Crippen molar-refractivity contribution >= 4 is 39.7 Å². The number of anilines is 3. The molecule has 0 amide bonds. The Morgan fingerprint density at radius 3 is 2.26 bits per heavy atom. The van der Waals surface area contributed by atoms with E-state index in [1.54, 1.807) is 24.3 Å². The van der Waals surface area contributed by atoms with E-state index in [9.17, 15) is 17.2 Å². The number of unbranched alkanes of at least 4 members (excludes halogenated alkanes) is 1. The smallest absolute Gasteiger partial charge is 0.309 e. The van der Waals surface area contributed by atoms with Crippen molar-refractivity contribution in [3.05, 3.63) is 54.1 Å². The maximum absolute atomic E-state index is 14.3. The molecule has 0 aromatic heterocycles. The van der Waals surface area contributed by atoms with Crippen LogP contribution >= 0.6 is 12.4 Å². The van der Waals surface area contributed by atoms with Gasteiger partial charge in [-0.2, -0.15) is 8.42 Å². The van der Waals surface area contributed by atoms with E-state index in [-0.39, 0.29) is 18.1 Å². The lowest BCUT2D eigenvalue weighted by molar-refractivity contribution is 0.396. The lowest BCUT2D eigenvalue weighted by Gasteiger charge is -2.22. The van der Waals surface area contributed by atoms with Gasteiger partial charge in [0.25, 0.3) is 0 Å². The Kier molecular flexibility index (Phi) is 6.67. The average Bonchev–Trinajstić information content (AvgIpc) is 2.79. The Bertz CT molecular complexity index is 909. The van der Waals surface area contributed by atoms with Crippen LogP contribution in [0.5, 0.6) is 0 Å². The molecule has 0 radical (unpaired) electrons.